The highest BCUT2D eigenvalue weighted by atomic mass is 32.2. The number of nitrogen functional groups attached to an aromatic ring is 1. The third-order valence-electron chi connectivity index (χ3n) is 3.15. The lowest BCUT2D eigenvalue weighted by Crippen LogP contribution is -2.13. The van der Waals surface area contributed by atoms with E-state index in [2.05, 4.69) is 12.2 Å². The molecule has 0 spiro atoms. The Morgan fingerprint density at radius 3 is 2.61 bits per heavy atom. The van der Waals surface area contributed by atoms with Crippen LogP contribution in [0, 0.1) is 16.7 Å². The molecule has 3 N–H and O–H groups in total. The first kappa shape index (κ1) is 13.2. The Bertz CT molecular complexity index is 621. The lowest BCUT2D eigenvalue weighted by atomic mass is 10.1. The maximum absolute atomic E-state index is 11.7. The fourth-order valence-corrected chi connectivity index (χ4v) is 4.04. The molecule has 7 heteroatoms. The third-order valence-corrected chi connectivity index (χ3v) is 5.51. The second kappa shape index (κ2) is 4.14. The highest BCUT2D eigenvalue weighted by Crippen LogP contribution is 2.46. The Balaban J connectivity index is 2.37. The number of nitrogens with two attached hydrogens (primary N) is 1. The van der Waals surface area contributed by atoms with E-state index in [1.54, 1.807) is 0 Å². The van der Waals surface area contributed by atoms with E-state index < -0.39 is 9.84 Å². The molecule has 5 nitrogen and oxygen atoms in total. The van der Waals surface area contributed by atoms with Gasteiger partial charge < -0.3 is 11.1 Å². The van der Waals surface area contributed by atoms with Crippen molar-refractivity contribution < 1.29 is 8.42 Å². The molecule has 18 heavy (non-hydrogen) atoms. The topological polar surface area (TPSA) is 96.0 Å². The third kappa shape index (κ3) is 2.44. The van der Waals surface area contributed by atoms with E-state index in [-0.39, 0.29) is 20.9 Å². The van der Waals surface area contributed by atoms with E-state index in [1.165, 1.54) is 0 Å². The van der Waals surface area contributed by atoms with Crippen LogP contribution < -0.4 is 11.1 Å². The zero-order valence-electron chi connectivity index (χ0n) is 10.3. The van der Waals surface area contributed by atoms with E-state index in [0.717, 1.165) is 30.4 Å². The average Bonchev–Trinajstić information content (AvgIpc) is 2.88. The number of nitriles is 1. The molecule has 0 aliphatic heterocycles. The molecule has 0 saturated heterocycles. The van der Waals surface area contributed by atoms with Gasteiger partial charge in [0.25, 0.3) is 0 Å². The minimum absolute atomic E-state index is 0.0632. The van der Waals surface area contributed by atoms with Crippen molar-refractivity contribution in [2.75, 3.05) is 23.9 Å². The molecule has 2 rings (SSSR count). The molecular weight excluding hydrogens is 270 g/mol. The molecule has 98 valence electrons. The first-order valence-electron chi connectivity index (χ1n) is 5.53. The molecule has 0 radical (unpaired) electrons. The summed E-state index contributed by atoms with van der Waals surface area (Å²) in [5.41, 5.74) is 6.04. The van der Waals surface area contributed by atoms with Crippen LogP contribution >= 0.6 is 11.3 Å². The van der Waals surface area contributed by atoms with E-state index >= 15 is 0 Å². The standard InChI is InChI=1S/C11H15N3O2S2/c1-11(3-4-11)6-14-10-9(18(2,15)16)8(13)7(5-12)17-10/h14H,3-4,6,13H2,1-2H3. The molecule has 1 fully saturated rings. The van der Waals surface area contributed by atoms with Crippen molar-refractivity contribution >= 4 is 31.9 Å². The van der Waals surface area contributed by atoms with Gasteiger partial charge in [0.2, 0.25) is 0 Å². The zero-order chi connectivity index (χ0) is 13.6. The highest BCUT2D eigenvalue weighted by Gasteiger charge is 2.37. The predicted molar refractivity (Wildman–Crippen MR) is 72.4 cm³/mol. The van der Waals surface area contributed by atoms with Gasteiger partial charge >= 0.3 is 0 Å². The Morgan fingerprint density at radius 1 is 1.56 bits per heavy atom. The Labute approximate surface area is 111 Å². The van der Waals surface area contributed by atoms with Crippen molar-refractivity contribution in [1.29, 1.82) is 5.26 Å². The van der Waals surface area contributed by atoms with E-state index in [1.807, 2.05) is 6.07 Å². The number of sulfone groups is 1. The van der Waals surface area contributed by atoms with Crippen LogP contribution in [0.15, 0.2) is 4.90 Å². The molecule has 0 unspecified atom stereocenters. The van der Waals surface area contributed by atoms with Crippen LogP contribution in [0.4, 0.5) is 10.7 Å². The Hall–Kier alpha value is -1.26. The summed E-state index contributed by atoms with van der Waals surface area (Å²) in [6.45, 7) is 2.85. The second-order valence-electron chi connectivity index (χ2n) is 5.05. The molecule has 0 amide bonds. The number of nitrogens with zero attached hydrogens (tertiary/aromatic N) is 1. The first-order chi connectivity index (χ1) is 8.27. The van der Waals surface area contributed by atoms with Gasteiger partial charge in [0, 0.05) is 12.8 Å². The number of rotatable bonds is 4. The summed E-state index contributed by atoms with van der Waals surface area (Å²) in [7, 11) is -3.43. The van der Waals surface area contributed by atoms with Crippen molar-refractivity contribution in [2.24, 2.45) is 5.41 Å². The van der Waals surface area contributed by atoms with E-state index in [9.17, 15) is 8.42 Å². The molecular formula is C11H15N3O2S2. The van der Waals surface area contributed by atoms with Crippen molar-refractivity contribution in [1.82, 2.24) is 0 Å². The number of thiophene rings is 1. The number of anilines is 2. The fraction of sp³-hybridized carbons (Fsp3) is 0.545. The molecule has 0 aromatic carbocycles. The molecule has 1 heterocycles. The summed E-state index contributed by atoms with van der Waals surface area (Å²) in [4.78, 5) is 0.312. The van der Waals surface area contributed by atoms with Crippen LogP contribution in [-0.4, -0.2) is 21.2 Å². The monoisotopic (exact) mass is 285 g/mol. The van der Waals surface area contributed by atoms with Gasteiger partial charge in [-0.3, -0.25) is 0 Å². The van der Waals surface area contributed by atoms with Crippen molar-refractivity contribution in [2.45, 2.75) is 24.7 Å². The van der Waals surface area contributed by atoms with Gasteiger partial charge in [-0.15, -0.1) is 11.3 Å². The largest absolute Gasteiger partial charge is 0.396 e. The lowest BCUT2D eigenvalue weighted by Gasteiger charge is -2.11. The lowest BCUT2D eigenvalue weighted by molar-refractivity contribution is 0.600. The minimum atomic E-state index is -3.43. The van der Waals surface area contributed by atoms with Crippen LogP contribution in [0.25, 0.3) is 0 Å². The van der Waals surface area contributed by atoms with Crippen molar-refractivity contribution in [3.8, 4) is 6.07 Å². The zero-order valence-corrected chi connectivity index (χ0v) is 11.9. The van der Waals surface area contributed by atoms with Crippen LogP contribution in [0.1, 0.15) is 24.6 Å². The smallest absolute Gasteiger partial charge is 0.180 e. The Morgan fingerprint density at radius 2 is 2.17 bits per heavy atom. The van der Waals surface area contributed by atoms with Crippen LogP contribution in [-0.2, 0) is 9.84 Å². The summed E-state index contributed by atoms with van der Waals surface area (Å²) >= 11 is 1.11. The van der Waals surface area contributed by atoms with Gasteiger partial charge in [-0.05, 0) is 18.3 Å². The van der Waals surface area contributed by atoms with Gasteiger partial charge in [0.15, 0.2) is 9.84 Å². The van der Waals surface area contributed by atoms with Gasteiger partial charge in [-0.25, -0.2) is 8.42 Å². The quantitative estimate of drug-likeness (QED) is 0.879. The fourth-order valence-electron chi connectivity index (χ4n) is 1.68. The highest BCUT2D eigenvalue weighted by molar-refractivity contribution is 7.91. The SMILES string of the molecule is CC1(CNc2sc(C#N)c(N)c2S(C)(=O)=O)CC1. The molecule has 1 saturated carbocycles. The molecule has 0 bridgehead atoms. The molecule has 1 aromatic rings. The van der Waals surface area contributed by atoms with Crippen LogP contribution in [0.3, 0.4) is 0 Å². The van der Waals surface area contributed by atoms with Gasteiger partial charge in [0.05, 0.1) is 5.69 Å². The molecule has 1 aliphatic rings. The average molecular weight is 285 g/mol. The number of nitrogens with one attached hydrogen (secondary N) is 1. The normalized spacial score (nSPS) is 17.2. The van der Waals surface area contributed by atoms with Crippen molar-refractivity contribution in [3.05, 3.63) is 4.88 Å². The maximum Gasteiger partial charge on any atom is 0.180 e. The van der Waals surface area contributed by atoms with Gasteiger partial charge in [0.1, 0.15) is 20.8 Å². The van der Waals surface area contributed by atoms with E-state index in [4.69, 9.17) is 11.0 Å². The Kier molecular flexibility index (Phi) is 3.03. The van der Waals surface area contributed by atoms with Gasteiger partial charge in [-0.2, -0.15) is 5.26 Å². The summed E-state index contributed by atoms with van der Waals surface area (Å²) in [6, 6.07) is 1.93. The summed E-state index contributed by atoms with van der Waals surface area (Å²) < 4.78 is 23.4. The minimum Gasteiger partial charge on any atom is -0.396 e. The van der Waals surface area contributed by atoms with E-state index in [0.29, 0.717) is 11.5 Å². The summed E-state index contributed by atoms with van der Waals surface area (Å²) in [5.74, 6) is 0. The molecule has 0 atom stereocenters. The summed E-state index contributed by atoms with van der Waals surface area (Å²) in [5, 5.41) is 12.5. The first-order valence-corrected chi connectivity index (χ1v) is 8.24. The predicted octanol–water partition coefficient (Wildman–Crippen LogP) is 1.82. The number of hydrogen-bond acceptors (Lipinski definition) is 6. The summed E-state index contributed by atoms with van der Waals surface area (Å²) in [6.07, 6.45) is 3.39. The van der Waals surface area contributed by atoms with Crippen molar-refractivity contribution in [3.63, 3.8) is 0 Å². The molecule has 1 aliphatic carbocycles. The molecule has 1 aromatic heterocycles. The number of hydrogen-bond donors (Lipinski definition) is 2. The van der Waals surface area contributed by atoms with Gasteiger partial charge in [-0.1, -0.05) is 6.92 Å². The van der Waals surface area contributed by atoms with Crippen LogP contribution in [0.2, 0.25) is 0 Å². The maximum atomic E-state index is 11.7. The second-order valence-corrected chi connectivity index (χ2v) is 8.02. The van der Waals surface area contributed by atoms with Crippen LogP contribution in [0.5, 0.6) is 0 Å².